The van der Waals surface area contributed by atoms with Crippen molar-refractivity contribution in [1.29, 1.82) is 0 Å². The van der Waals surface area contributed by atoms with Gasteiger partial charge in [0.25, 0.3) is 5.91 Å². The number of benzene rings is 1. The molecular weight excluding hydrogens is 328 g/mol. The number of rotatable bonds is 6. The van der Waals surface area contributed by atoms with Crippen LogP contribution in [-0.4, -0.2) is 51.0 Å². The number of aryl methyl sites for hydroxylation is 1. The fourth-order valence-corrected chi connectivity index (χ4v) is 4.42. The lowest BCUT2D eigenvalue weighted by Crippen LogP contribution is -2.41. The van der Waals surface area contributed by atoms with E-state index in [2.05, 4.69) is 12.2 Å². The summed E-state index contributed by atoms with van der Waals surface area (Å²) in [5.41, 5.74) is 1.01. The van der Waals surface area contributed by atoms with Crippen LogP contribution in [0.2, 0.25) is 0 Å². The molecule has 1 atom stereocenters. The van der Waals surface area contributed by atoms with Crippen molar-refractivity contribution < 1.29 is 17.9 Å². The first-order chi connectivity index (χ1) is 11.4. The van der Waals surface area contributed by atoms with Crippen molar-refractivity contribution in [3.63, 3.8) is 0 Å². The summed E-state index contributed by atoms with van der Waals surface area (Å²) in [6.07, 6.45) is 1.86. The summed E-state index contributed by atoms with van der Waals surface area (Å²) < 4.78 is 32.3. The van der Waals surface area contributed by atoms with Crippen LogP contribution < -0.4 is 5.32 Å². The van der Waals surface area contributed by atoms with Gasteiger partial charge in [0, 0.05) is 24.7 Å². The Bertz CT molecular complexity index is 682. The largest absolute Gasteiger partial charge is 0.379 e. The first-order valence-corrected chi connectivity index (χ1v) is 9.79. The third kappa shape index (κ3) is 4.34. The topological polar surface area (TPSA) is 75.7 Å². The lowest BCUT2D eigenvalue weighted by Gasteiger charge is -2.26. The predicted octanol–water partition coefficient (Wildman–Crippen LogP) is 1.93. The minimum Gasteiger partial charge on any atom is -0.379 e. The van der Waals surface area contributed by atoms with Gasteiger partial charge in [-0.2, -0.15) is 4.31 Å². The van der Waals surface area contributed by atoms with Gasteiger partial charge >= 0.3 is 0 Å². The molecule has 6 nitrogen and oxygen atoms in total. The van der Waals surface area contributed by atoms with E-state index in [4.69, 9.17) is 4.74 Å². The van der Waals surface area contributed by atoms with Crippen LogP contribution in [0, 0.1) is 6.92 Å². The molecule has 1 N–H and O–H groups in total. The van der Waals surface area contributed by atoms with Crippen molar-refractivity contribution in [2.45, 2.75) is 44.6 Å². The number of carbonyl (C=O) groups is 1. The second kappa shape index (κ2) is 8.09. The molecular formula is C17H26N2O4S. The van der Waals surface area contributed by atoms with Crippen molar-refractivity contribution in [3.05, 3.63) is 29.3 Å². The standard InChI is InChI=1S/C17H26N2O4S/c1-4-5-14(3)18-17(20)15-7-6-13(2)16(12-15)24(21,22)19-8-10-23-11-9-19/h6-7,12,14H,4-5,8-11H2,1-3H3,(H,18,20)/t14-/m0/s1. The van der Waals surface area contributed by atoms with E-state index >= 15 is 0 Å². The number of nitrogens with zero attached hydrogens (tertiary/aromatic N) is 1. The number of morpholine rings is 1. The number of hydrogen-bond donors (Lipinski definition) is 1. The van der Waals surface area contributed by atoms with E-state index in [1.165, 1.54) is 10.4 Å². The Morgan fingerprint density at radius 3 is 2.62 bits per heavy atom. The van der Waals surface area contributed by atoms with Gasteiger partial charge in [0.15, 0.2) is 0 Å². The second-order valence-electron chi connectivity index (χ2n) is 6.16. The molecule has 1 aliphatic heterocycles. The van der Waals surface area contributed by atoms with Crippen LogP contribution in [0.15, 0.2) is 23.1 Å². The van der Waals surface area contributed by atoms with Crippen LogP contribution in [-0.2, 0) is 14.8 Å². The molecule has 0 bridgehead atoms. The SMILES string of the molecule is CCC[C@H](C)NC(=O)c1ccc(C)c(S(=O)(=O)N2CCOCC2)c1. The molecule has 1 aromatic rings. The molecule has 1 fully saturated rings. The number of sulfonamides is 1. The lowest BCUT2D eigenvalue weighted by molar-refractivity contribution is 0.0730. The number of hydrogen-bond acceptors (Lipinski definition) is 4. The molecule has 1 aliphatic rings. The molecule has 0 aromatic heterocycles. The summed E-state index contributed by atoms with van der Waals surface area (Å²) in [4.78, 5) is 12.6. The molecule has 1 heterocycles. The van der Waals surface area contributed by atoms with Gasteiger partial charge in [-0.25, -0.2) is 8.42 Å². The summed E-state index contributed by atoms with van der Waals surface area (Å²) in [7, 11) is -3.61. The molecule has 0 spiro atoms. The Hall–Kier alpha value is -1.44. The molecule has 2 rings (SSSR count). The summed E-state index contributed by atoms with van der Waals surface area (Å²) in [6, 6.07) is 4.89. The van der Waals surface area contributed by atoms with Crippen LogP contribution in [0.4, 0.5) is 0 Å². The van der Waals surface area contributed by atoms with E-state index < -0.39 is 10.0 Å². The summed E-state index contributed by atoms with van der Waals surface area (Å²) in [6.45, 7) is 7.22. The zero-order valence-electron chi connectivity index (χ0n) is 14.5. The first-order valence-electron chi connectivity index (χ1n) is 8.35. The Morgan fingerprint density at radius 1 is 1.33 bits per heavy atom. The smallest absolute Gasteiger partial charge is 0.251 e. The molecule has 7 heteroatoms. The van der Waals surface area contributed by atoms with Crippen molar-refractivity contribution >= 4 is 15.9 Å². The third-order valence-electron chi connectivity index (χ3n) is 4.14. The lowest BCUT2D eigenvalue weighted by atomic mass is 10.1. The summed E-state index contributed by atoms with van der Waals surface area (Å²) in [5.74, 6) is -0.241. The average Bonchev–Trinajstić information content (AvgIpc) is 2.56. The van der Waals surface area contributed by atoms with E-state index in [1.54, 1.807) is 19.1 Å². The van der Waals surface area contributed by atoms with Crippen LogP contribution >= 0.6 is 0 Å². The van der Waals surface area contributed by atoms with Gasteiger partial charge in [-0.05, 0) is 38.0 Å². The maximum absolute atomic E-state index is 12.8. The van der Waals surface area contributed by atoms with Crippen LogP contribution in [0.25, 0.3) is 0 Å². The van der Waals surface area contributed by atoms with Crippen molar-refractivity contribution in [2.24, 2.45) is 0 Å². The minimum absolute atomic E-state index is 0.0584. The van der Waals surface area contributed by atoms with E-state index in [1.807, 2.05) is 6.92 Å². The normalized spacial score (nSPS) is 17.5. The fourth-order valence-electron chi connectivity index (χ4n) is 2.76. The van der Waals surface area contributed by atoms with Gasteiger partial charge in [0.1, 0.15) is 0 Å². The van der Waals surface area contributed by atoms with Crippen LogP contribution in [0.3, 0.4) is 0 Å². The van der Waals surface area contributed by atoms with Crippen LogP contribution in [0.5, 0.6) is 0 Å². The maximum Gasteiger partial charge on any atom is 0.251 e. The zero-order chi connectivity index (χ0) is 17.7. The van der Waals surface area contributed by atoms with E-state index in [-0.39, 0.29) is 16.8 Å². The van der Waals surface area contributed by atoms with E-state index in [0.717, 1.165) is 12.8 Å². The quantitative estimate of drug-likeness (QED) is 0.847. The molecule has 0 unspecified atom stereocenters. The highest BCUT2D eigenvalue weighted by Gasteiger charge is 2.28. The number of ether oxygens (including phenoxy) is 1. The van der Waals surface area contributed by atoms with Crippen LogP contribution in [0.1, 0.15) is 42.6 Å². The minimum atomic E-state index is -3.61. The maximum atomic E-state index is 12.8. The average molecular weight is 354 g/mol. The molecule has 0 radical (unpaired) electrons. The van der Waals surface area contributed by atoms with Crippen molar-refractivity contribution in [2.75, 3.05) is 26.3 Å². The molecule has 1 amide bonds. The Labute approximate surface area is 144 Å². The van der Waals surface area contributed by atoms with Gasteiger partial charge in [0.2, 0.25) is 10.0 Å². The highest BCUT2D eigenvalue weighted by atomic mass is 32.2. The number of amides is 1. The van der Waals surface area contributed by atoms with Gasteiger partial charge in [-0.3, -0.25) is 4.79 Å². The van der Waals surface area contributed by atoms with Crippen molar-refractivity contribution in [3.8, 4) is 0 Å². The van der Waals surface area contributed by atoms with Gasteiger partial charge in [0.05, 0.1) is 18.1 Å². The zero-order valence-corrected chi connectivity index (χ0v) is 15.4. The predicted molar refractivity (Wildman–Crippen MR) is 92.6 cm³/mol. The second-order valence-corrected chi connectivity index (χ2v) is 8.07. The van der Waals surface area contributed by atoms with Gasteiger partial charge in [-0.1, -0.05) is 19.4 Å². The number of carbonyl (C=O) groups excluding carboxylic acids is 1. The van der Waals surface area contributed by atoms with Crippen molar-refractivity contribution in [1.82, 2.24) is 9.62 Å². The van der Waals surface area contributed by atoms with E-state index in [9.17, 15) is 13.2 Å². The Balaban J connectivity index is 2.26. The highest BCUT2D eigenvalue weighted by molar-refractivity contribution is 7.89. The molecule has 1 saturated heterocycles. The highest BCUT2D eigenvalue weighted by Crippen LogP contribution is 2.22. The molecule has 0 aliphatic carbocycles. The number of nitrogens with one attached hydrogen (secondary N) is 1. The molecule has 0 saturated carbocycles. The third-order valence-corrected chi connectivity index (χ3v) is 6.18. The fraction of sp³-hybridized carbons (Fsp3) is 0.588. The monoisotopic (exact) mass is 354 g/mol. The first kappa shape index (κ1) is 18.9. The Kier molecular flexibility index (Phi) is 6.37. The summed E-state index contributed by atoms with van der Waals surface area (Å²) in [5, 5.41) is 2.91. The van der Waals surface area contributed by atoms with Gasteiger partial charge < -0.3 is 10.1 Å². The molecule has 24 heavy (non-hydrogen) atoms. The van der Waals surface area contributed by atoms with E-state index in [0.29, 0.717) is 37.4 Å². The molecule has 1 aromatic carbocycles. The Morgan fingerprint density at radius 2 is 2.00 bits per heavy atom. The van der Waals surface area contributed by atoms with Gasteiger partial charge in [-0.15, -0.1) is 0 Å². The summed E-state index contributed by atoms with van der Waals surface area (Å²) >= 11 is 0. The molecule has 134 valence electrons.